The molecule has 2 saturated carbocycles. The standard InChI is InChI=1S/C22H34O4/c1-13-6-7-18-17-9-8-16(14(2)20(24)25)21(17,3)12-19(23)22(18)10-4-5-15(11-13)26-22/h13-18H,4-12H2,1-3H3,(H,24,25)/t13-,14-,15+,16+,17-,18+,21-,22-/m0/s1. The lowest BCUT2D eigenvalue weighted by atomic mass is 9.52. The number of fused-ring (bicyclic) bond motifs is 3. The van der Waals surface area contributed by atoms with Crippen molar-refractivity contribution in [3.8, 4) is 0 Å². The summed E-state index contributed by atoms with van der Waals surface area (Å²) in [4.78, 5) is 25.2. The Kier molecular flexibility index (Phi) is 4.49. The summed E-state index contributed by atoms with van der Waals surface area (Å²) < 4.78 is 6.63. The molecule has 2 bridgehead atoms. The van der Waals surface area contributed by atoms with Gasteiger partial charge in [0.15, 0.2) is 5.78 Å². The maximum absolute atomic E-state index is 13.5. The molecule has 26 heavy (non-hydrogen) atoms. The van der Waals surface area contributed by atoms with Gasteiger partial charge < -0.3 is 9.84 Å². The second kappa shape index (κ2) is 6.32. The summed E-state index contributed by atoms with van der Waals surface area (Å²) in [6.07, 6.45) is 9.14. The van der Waals surface area contributed by atoms with Crippen molar-refractivity contribution < 1.29 is 19.4 Å². The zero-order valence-electron chi connectivity index (χ0n) is 16.5. The molecule has 2 heterocycles. The topological polar surface area (TPSA) is 63.6 Å². The average Bonchev–Trinajstić information content (AvgIpc) is 2.90. The van der Waals surface area contributed by atoms with Crippen LogP contribution < -0.4 is 0 Å². The fourth-order valence-electron chi connectivity index (χ4n) is 7.35. The van der Waals surface area contributed by atoms with Crippen LogP contribution in [-0.4, -0.2) is 28.6 Å². The van der Waals surface area contributed by atoms with Crippen LogP contribution in [0.15, 0.2) is 0 Å². The summed E-state index contributed by atoms with van der Waals surface area (Å²) >= 11 is 0. The number of Topliss-reactive ketones (excluding diaryl/α,β-unsaturated/α-hetero) is 1. The summed E-state index contributed by atoms with van der Waals surface area (Å²) in [6.45, 7) is 6.36. The van der Waals surface area contributed by atoms with Gasteiger partial charge in [0.05, 0.1) is 12.0 Å². The van der Waals surface area contributed by atoms with Gasteiger partial charge in [0.25, 0.3) is 0 Å². The third-order valence-electron chi connectivity index (χ3n) is 8.66. The van der Waals surface area contributed by atoms with Crippen LogP contribution in [0, 0.1) is 35.0 Å². The predicted octanol–water partition coefficient (Wildman–Crippen LogP) is 4.46. The molecule has 4 rings (SSSR count). The minimum atomic E-state index is -0.718. The van der Waals surface area contributed by atoms with Crippen molar-refractivity contribution in [3.05, 3.63) is 0 Å². The molecule has 8 atom stereocenters. The number of hydrogen-bond acceptors (Lipinski definition) is 3. The van der Waals surface area contributed by atoms with Crippen LogP contribution in [0.2, 0.25) is 0 Å². The first kappa shape index (κ1) is 18.5. The molecule has 1 spiro atoms. The number of aliphatic carboxylic acids is 1. The van der Waals surface area contributed by atoms with E-state index in [9.17, 15) is 14.7 Å². The highest BCUT2D eigenvalue weighted by Crippen LogP contribution is 2.64. The highest BCUT2D eigenvalue weighted by molar-refractivity contribution is 5.90. The van der Waals surface area contributed by atoms with Gasteiger partial charge in [0.1, 0.15) is 5.60 Å². The van der Waals surface area contributed by atoms with E-state index in [2.05, 4.69) is 13.8 Å². The van der Waals surface area contributed by atoms with Crippen molar-refractivity contribution in [2.24, 2.45) is 35.0 Å². The van der Waals surface area contributed by atoms with Gasteiger partial charge in [-0.25, -0.2) is 0 Å². The molecule has 2 aliphatic carbocycles. The number of carbonyl (C=O) groups is 2. The minimum absolute atomic E-state index is 0.105. The lowest BCUT2D eigenvalue weighted by Gasteiger charge is -2.57. The summed E-state index contributed by atoms with van der Waals surface area (Å²) in [5.74, 6) is 0.652. The molecular formula is C22H34O4. The fourth-order valence-corrected chi connectivity index (χ4v) is 7.35. The monoisotopic (exact) mass is 362 g/mol. The first-order chi connectivity index (χ1) is 12.3. The van der Waals surface area contributed by atoms with Crippen LogP contribution in [0.5, 0.6) is 0 Å². The van der Waals surface area contributed by atoms with Gasteiger partial charge in [-0.1, -0.05) is 27.2 Å². The zero-order valence-corrected chi connectivity index (χ0v) is 16.5. The highest BCUT2D eigenvalue weighted by atomic mass is 16.5. The highest BCUT2D eigenvalue weighted by Gasteiger charge is 2.65. The van der Waals surface area contributed by atoms with E-state index in [0.29, 0.717) is 18.3 Å². The second-order valence-corrected chi connectivity index (χ2v) is 10.1. The molecule has 0 unspecified atom stereocenters. The van der Waals surface area contributed by atoms with E-state index in [0.717, 1.165) is 44.9 Å². The smallest absolute Gasteiger partial charge is 0.306 e. The second-order valence-electron chi connectivity index (χ2n) is 10.1. The van der Waals surface area contributed by atoms with Gasteiger partial charge in [0.2, 0.25) is 0 Å². The van der Waals surface area contributed by atoms with Gasteiger partial charge in [-0.05, 0) is 74.0 Å². The quantitative estimate of drug-likeness (QED) is 0.788. The summed E-state index contributed by atoms with van der Waals surface area (Å²) in [6, 6.07) is 0. The Balaban J connectivity index is 1.71. The Hall–Kier alpha value is -0.900. The van der Waals surface area contributed by atoms with E-state index in [4.69, 9.17) is 4.74 Å². The summed E-state index contributed by atoms with van der Waals surface area (Å²) in [5, 5.41) is 9.59. The molecule has 146 valence electrons. The van der Waals surface area contributed by atoms with Gasteiger partial charge in [-0.2, -0.15) is 0 Å². The minimum Gasteiger partial charge on any atom is -0.481 e. The molecular weight excluding hydrogens is 328 g/mol. The van der Waals surface area contributed by atoms with E-state index >= 15 is 0 Å². The Labute approximate surface area is 157 Å². The van der Waals surface area contributed by atoms with E-state index in [-0.39, 0.29) is 35.1 Å². The molecule has 0 radical (unpaired) electrons. The molecule has 0 aromatic rings. The number of ketones is 1. The van der Waals surface area contributed by atoms with Gasteiger partial charge in [-0.3, -0.25) is 9.59 Å². The van der Waals surface area contributed by atoms with Crippen molar-refractivity contribution >= 4 is 11.8 Å². The number of carboxylic acid groups (broad SMARTS) is 1. The van der Waals surface area contributed by atoms with Crippen LogP contribution in [-0.2, 0) is 14.3 Å². The molecule has 4 aliphatic rings. The van der Waals surface area contributed by atoms with Gasteiger partial charge >= 0.3 is 5.97 Å². The average molecular weight is 363 g/mol. The molecule has 2 aliphatic heterocycles. The fraction of sp³-hybridized carbons (Fsp3) is 0.909. The third kappa shape index (κ3) is 2.58. The predicted molar refractivity (Wildman–Crippen MR) is 98.7 cm³/mol. The zero-order chi connectivity index (χ0) is 18.7. The Morgan fingerprint density at radius 3 is 2.65 bits per heavy atom. The molecule has 0 aromatic carbocycles. The largest absolute Gasteiger partial charge is 0.481 e. The van der Waals surface area contributed by atoms with Gasteiger partial charge in [0, 0.05) is 6.42 Å². The SMILES string of the molecule is C[C@H]1CC[C@@H]2[C@@H]3CC[C@H]([C@H](C)C(=O)O)[C@]3(C)CC(=O)[C@]23CCC[C@H](C1)O3. The van der Waals surface area contributed by atoms with Crippen LogP contribution >= 0.6 is 0 Å². The van der Waals surface area contributed by atoms with Crippen molar-refractivity contribution in [3.63, 3.8) is 0 Å². The molecule has 4 nitrogen and oxygen atoms in total. The van der Waals surface area contributed by atoms with Gasteiger partial charge in [-0.15, -0.1) is 0 Å². The number of carbonyl (C=O) groups excluding carboxylic acids is 1. The molecule has 4 heteroatoms. The van der Waals surface area contributed by atoms with E-state index < -0.39 is 11.6 Å². The third-order valence-corrected chi connectivity index (χ3v) is 8.66. The van der Waals surface area contributed by atoms with E-state index in [1.807, 2.05) is 6.92 Å². The maximum atomic E-state index is 13.5. The lowest BCUT2D eigenvalue weighted by molar-refractivity contribution is -0.213. The molecule has 0 amide bonds. The summed E-state index contributed by atoms with van der Waals surface area (Å²) in [7, 11) is 0. The van der Waals surface area contributed by atoms with Crippen molar-refractivity contribution in [1.82, 2.24) is 0 Å². The normalized spacial score (nSPS) is 49.5. The lowest BCUT2D eigenvalue weighted by Crippen LogP contribution is -2.62. The van der Waals surface area contributed by atoms with Crippen LogP contribution in [0.3, 0.4) is 0 Å². The van der Waals surface area contributed by atoms with Crippen molar-refractivity contribution in [1.29, 1.82) is 0 Å². The molecule has 0 aromatic heterocycles. The van der Waals surface area contributed by atoms with Crippen LogP contribution in [0.4, 0.5) is 0 Å². The number of hydrogen-bond donors (Lipinski definition) is 1. The maximum Gasteiger partial charge on any atom is 0.306 e. The van der Waals surface area contributed by atoms with Crippen molar-refractivity contribution in [2.45, 2.75) is 90.3 Å². The Morgan fingerprint density at radius 2 is 1.92 bits per heavy atom. The first-order valence-electron chi connectivity index (χ1n) is 10.7. The van der Waals surface area contributed by atoms with Crippen LogP contribution in [0.25, 0.3) is 0 Å². The van der Waals surface area contributed by atoms with Crippen molar-refractivity contribution in [2.75, 3.05) is 0 Å². The Morgan fingerprint density at radius 1 is 1.19 bits per heavy atom. The Bertz CT molecular complexity index is 601. The first-order valence-corrected chi connectivity index (χ1v) is 10.7. The van der Waals surface area contributed by atoms with E-state index in [1.165, 1.54) is 6.42 Å². The van der Waals surface area contributed by atoms with Crippen LogP contribution in [0.1, 0.15) is 78.6 Å². The molecule has 1 N–H and O–H groups in total. The number of carboxylic acids is 1. The molecule has 2 saturated heterocycles. The van der Waals surface area contributed by atoms with E-state index in [1.54, 1.807) is 0 Å². The summed E-state index contributed by atoms with van der Waals surface area (Å²) in [5.41, 5.74) is -0.738. The number of rotatable bonds is 2. The molecule has 4 fully saturated rings. The number of ether oxygens (including phenoxy) is 1.